The number of furan rings is 1. The Hall–Kier alpha value is -3.69. The van der Waals surface area contributed by atoms with Gasteiger partial charge in [0.15, 0.2) is 17.3 Å². The smallest absolute Gasteiger partial charge is 0.280 e. The molecule has 4 aromatic rings. The van der Waals surface area contributed by atoms with Crippen LogP contribution < -0.4 is 5.32 Å². The molecule has 10 nitrogen and oxygen atoms in total. The second kappa shape index (κ2) is 6.07. The summed E-state index contributed by atoms with van der Waals surface area (Å²) in [6.07, 6.45) is 6.65. The summed E-state index contributed by atoms with van der Waals surface area (Å²) in [6.45, 7) is 2.33. The molecule has 2 N–H and O–H groups in total. The average molecular weight is 339 g/mol. The van der Waals surface area contributed by atoms with Crippen molar-refractivity contribution in [1.82, 2.24) is 30.1 Å². The molecule has 0 spiro atoms. The lowest BCUT2D eigenvalue weighted by molar-refractivity contribution is 0.101. The number of carbonyl (C=O) groups excluding carboxylic acids is 1. The zero-order chi connectivity index (χ0) is 17.2. The number of hydrogen-bond donors (Lipinski definition) is 2. The number of rotatable bonds is 5. The first-order chi connectivity index (χ1) is 12.2. The van der Waals surface area contributed by atoms with Crippen LogP contribution >= 0.6 is 0 Å². The minimum absolute atomic E-state index is 0.133. The van der Waals surface area contributed by atoms with Crippen molar-refractivity contribution in [3.63, 3.8) is 0 Å². The molecular formula is C15H13N7O3. The quantitative estimate of drug-likeness (QED) is 0.568. The Bertz CT molecular complexity index is 996. The average Bonchev–Trinajstić information content (AvgIpc) is 3.34. The number of amides is 1. The summed E-state index contributed by atoms with van der Waals surface area (Å²) in [7, 11) is 0. The molecule has 0 saturated carbocycles. The van der Waals surface area contributed by atoms with Gasteiger partial charge in [-0.05, 0) is 18.6 Å². The normalized spacial score (nSPS) is 10.9. The molecule has 0 fully saturated rings. The number of aromatic amines is 1. The van der Waals surface area contributed by atoms with Crippen LogP contribution in [0.25, 0.3) is 11.4 Å². The number of nitrogens with one attached hydrogen (secondary N) is 2. The van der Waals surface area contributed by atoms with E-state index in [9.17, 15) is 4.79 Å². The van der Waals surface area contributed by atoms with E-state index in [4.69, 9.17) is 8.94 Å². The molecule has 0 saturated heterocycles. The van der Waals surface area contributed by atoms with Gasteiger partial charge in [0.1, 0.15) is 12.8 Å². The molecule has 10 heteroatoms. The highest BCUT2D eigenvalue weighted by Gasteiger charge is 2.16. The van der Waals surface area contributed by atoms with Crippen molar-refractivity contribution in [1.29, 1.82) is 0 Å². The van der Waals surface area contributed by atoms with Crippen LogP contribution in [-0.2, 0) is 6.54 Å². The maximum absolute atomic E-state index is 12.2. The first-order valence-corrected chi connectivity index (χ1v) is 7.38. The summed E-state index contributed by atoms with van der Waals surface area (Å²) >= 11 is 0. The Morgan fingerprint density at radius 1 is 1.44 bits per heavy atom. The highest BCUT2D eigenvalue weighted by molar-refractivity contribution is 6.01. The lowest BCUT2D eigenvalue weighted by Gasteiger charge is -1.95. The molecule has 25 heavy (non-hydrogen) atoms. The minimum Gasteiger partial charge on any atom is -0.472 e. The number of carbonyl (C=O) groups is 1. The van der Waals surface area contributed by atoms with Gasteiger partial charge in [-0.15, -0.1) is 5.10 Å². The van der Waals surface area contributed by atoms with Gasteiger partial charge in [-0.2, -0.15) is 10.1 Å². The summed E-state index contributed by atoms with van der Waals surface area (Å²) in [5, 5.41) is 17.1. The van der Waals surface area contributed by atoms with Crippen LogP contribution in [0.1, 0.15) is 21.8 Å². The van der Waals surface area contributed by atoms with E-state index in [0.717, 1.165) is 11.1 Å². The third-order valence-corrected chi connectivity index (χ3v) is 3.38. The zero-order valence-electron chi connectivity index (χ0n) is 13.1. The Kier molecular flexibility index (Phi) is 3.61. The van der Waals surface area contributed by atoms with Crippen LogP contribution in [0.5, 0.6) is 0 Å². The molecule has 0 radical (unpaired) electrons. The molecule has 0 atom stereocenters. The Morgan fingerprint density at radius 2 is 2.36 bits per heavy atom. The molecule has 4 heterocycles. The number of hydrogen-bond acceptors (Lipinski definition) is 7. The van der Waals surface area contributed by atoms with E-state index in [0.29, 0.717) is 18.1 Å². The number of H-pyrrole nitrogens is 1. The van der Waals surface area contributed by atoms with E-state index in [1.165, 1.54) is 12.5 Å². The number of anilines is 1. The second-order valence-electron chi connectivity index (χ2n) is 5.37. The van der Waals surface area contributed by atoms with Crippen molar-refractivity contribution in [2.75, 3.05) is 5.32 Å². The summed E-state index contributed by atoms with van der Waals surface area (Å²) < 4.78 is 11.8. The maximum atomic E-state index is 12.2. The van der Waals surface area contributed by atoms with E-state index in [1.54, 1.807) is 23.0 Å². The van der Waals surface area contributed by atoms with Gasteiger partial charge < -0.3 is 8.94 Å². The van der Waals surface area contributed by atoms with Crippen LogP contribution in [0.15, 0.2) is 46.0 Å². The Balaban J connectivity index is 1.43. The highest BCUT2D eigenvalue weighted by atomic mass is 16.5. The zero-order valence-corrected chi connectivity index (χ0v) is 13.1. The van der Waals surface area contributed by atoms with Crippen molar-refractivity contribution in [2.24, 2.45) is 0 Å². The summed E-state index contributed by atoms with van der Waals surface area (Å²) in [5.41, 5.74) is 1.90. The van der Waals surface area contributed by atoms with E-state index in [-0.39, 0.29) is 11.6 Å². The SMILES string of the molecule is Cc1cnn(Cc2cc(C(=O)Nc3n[nH]c(-c4ccoc4)n3)no2)c1. The minimum atomic E-state index is -0.468. The van der Waals surface area contributed by atoms with Gasteiger partial charge in [0.2, 0.25) is 5.95 Å². The number of nitrogens with zero attached hydrogens (tertiary/aromatic N) is 5. The van der Waals surface area contributed by atoms with E-state index < -0.39 is 5.91 Å². The van der Waals surface area contributed by atoms with Gasteiger partial charge in [-0.1, -0.05) is 5.16 Å². The fourth-order valence-corrected chi connectivity index (χ4v) is 2.22. The topological polar surface area (TPSA) is 128 Å². The largest absolute Gasteiger partial charge is 0.472 e. The molecular weight excluding hydrogens is 326 g/mol. The third kappa shape index (κ3) is 3.17. The van der Waals surface area contributed by atoms with E-state index >= 15 is 0 Å². The summed E-state index contributed by atoms with van der Waals surface area (Å²) in [5.74, 6) is 0.666. The Morgan fingerprint density at radius 3 is 3.12 bits per heavy atom. The third-order valence-electron chi connectivity index (χ3n) is 3.38. The van der Waals surface area contributed by atoms with Crippen molar-refractivity contribution >= 4 is 11.9 Å². The number of aryl methyl sites for hydroxylation is 1. The molecule has 4 rings (SSSR count). The van der Waals surface area contributed by atoms with Gasteiger partial charge in [0.05, 0.1) is 18.0 Å². The molecule has 0 aliphatic carbocycles. The first-order valence-electron chi connectivity index (χ1n) is 7.38. The predicted octanol–water partition coefficient (Wildman–Crippen LogP) is 1.86. The van der Waals surface area contributed by atoms with Crippen LogP contribution in [0.3, 0.4) is 0 Å². The van der Waals surface area contributed by atoms with Gasteiger partial charge >= 0.3 is 0 Å². The van der Waals surface area contributed by atoms with Crippen molar-refractivity contribution in [3.8, 4) is 11.4 Å². The van der Waals surface area contributed by atoms with E-state index in [1.807, 2.05) is 13.1 Å². The van der Waals surface area contributed by atoms with Gasteiger partial charge in [0.25, 0.3) is 5.91 Å². The lowest BCUT2D eigenvalue weighted by Crippen LogP contribution is -2.13. The lowest BCUT2D eigenvalue weighted by atomic mass is 10.3. The van der Waals surface area contributed by atoms with Gasteiger partial charge in [0, 0.05) is 12.3 Å². The van der Waals surface area contributed by atoms with Crippen molar-refractivity contribution in [2.45, 2.75) is 13.5 Å². The molecule has 0 bridgehead atoms. The summed E-state index contributed by atoms with van der Waals surface area (Å²) in [4.78, 5) is 16.4. The highest BCUT2D eigenvalue weighted by Crippen LogP contribution is 2.16. The second-order valence-corrected chi connectivity index (χ2v) is 5.37. The number of aromatic nitrogens is 6. The standard InChI is InChI=1S/C15H13N7O3/c1-9-5-16-22(6-9)7-11-4-12(21-25-11)14(23)18-15-17-13(19-20-15)10-2-3-24-8-10/h2-6,8H,7H2,1H3,(H2,17,18,19,20,23). The predicted molar refractivity (Wildman–Crippen MR) is 84.6 cm³/mol. The van der Waals surface area contributed by atoms with Crippen LogP contribution in [0.2, 0.25) is 0 Å². The van der Waals surface area contributed by atoms with Crippen LogP contribution in [0, 0.1) is 6.92 Å². The van der Waals surface area contributed by atoms with E-state index in [2.05, 4.69) is 30.8 Å². The van der Waals surface area contributed by atoms with Gasteiger partial charge in [-0.25, -0.2) is 0 Å². The van der Waals surface area contributed by atoms with Crippen LogP contribution in [-0.4, -0.2) is 36.0 Å². The fraction of sp³-hybridized carbons (Fsp3) is 0.133. The first kappa shape index (κ1) is 14.9. The van der Waals surface area contributed by atoms with Gasteiger partial charge in [-0.3, -0.25) is 19.9 Å². The molecule has 4 aromatic heterocycles. The molecule has 0 aromatic carbocycles. The molecule has 1 amide bonds. The van der Waals surface area contributed by atoms with Crippen molar-refractivity contribution in [3.05, 3.63) is 54.1 Å². The Labute approximate surface area is 140 Å². The monoisotopic (exact) mass is 339 g/mol. The molecule has 0 aliphatic rings. The molecule has 0 unspecified atom stereocenters. The van der Waals surface area contributed by atoms with Crippen LogP contribution in [0.4, 0.5) is 5.95 Å². The fourth-order valence-electron chi connectivity index (χ4n) is 2.22. The summed E-state index contributed by atoms with van der Waals surface area (Å²) in [6, 6.07) is 3.28. The molecule has 0 aliphatic heterocycles. The maximum Gasteiger partial charge on any atom is 0.280 e. The van der Waals surface area contributed by atoms with Crippen molar-refractivity contribution < 1.29 is 13.7 Å². The molecule has 126 valence electrons.